The Morgan fingerprint density at radius 1 is 1.08 bits per heavy atom. The molecule has 210 valence electrons. The molecule has 0 saturated carbocycles. The highest BCUT2D eigenvalue weighted by atomic mass is 35.5. The molecule has 2 aromatic rings. The van der Waals surface area contributed by atoms with Crippen molar-refractivity contribution in [2.45, 2.75) is 65.3 Å². The lowest BCUT2D eigenvalue weighted by Crippen LogP contribution is -2.53. The SMILES string of the molecule is CC[C@@H](C)NC(=O)[C@H](CC)N(Cc1ccccc1C)C(=O)CN(c1cc(C(F)(F)F)ccc1Cl)S(C)(=O)=O. The number of hydrogen-bond donors (Lipinski definition) is 1. The van der Waals surface area contributed by atoms with Gasteiger partial charge in [0, 0.05) is 12.6 Å². The van der Waals surface area contributed by atoms with E-state index < -0.39 is 51.9 Å². The second-order valence-corrected chi connectivity index (χ2v) is 11.4. The summed E-state index contributed by atoms with van der Waals surface area (Å²) < 4.78 is 66.1. The standard InChI is InChI=1S/C26H33ClF3N3O4S/c1-6-18(4)31-25(35)22(7-2)32(15-19-11-9-8-10-17(19)3)24(34)16-33(38(5,36)37)23-14-20(26(28,29)30)12-13-21(23)27/h8-14,18,22H,6-7,15-16H2,1-5H3,(H,31,35)/t18-,22+/m1/s1. The van der Waals surface area contributed by atoms with Crippen LogP contribution in [0.2, 0.25) is 5.02 Å². The van der Waals surface area contributed by atoms with Crippen LogP contribution in [0.1, 0.15) is 50.3 Å². The highest BCUT2D eigenvalue weighted by molar-refractivity contribution is 7.92. The van der Waals surface area contributed by atoms with Crippen LogP contribution >= 0.6 is 11.6 Å². The van der Waals surface area contributed by atoms with Gasteiger partial charge in [-0.1, -0.05) is 49.7 Å². The van der Waals surface area contributed by atoms with Gasteiger partial charge in [0.2, 0.25) is 21.8 Å². The van der Waals surface area contributed by atoms with Gasteiger partial charge in [-0.2, -0.15) is 13.2 Å². The van der Waals surface area contributed by atoms with E-state index in [0.717, 1.165) is 29.5 Å². The van der Waals surface area contributed by atoms with Crippen molar-refractivity contribution in [3.63, 3.8) is 0 Å². The van der Waals surface area contributed by atoms with E-state index in [1.165, 1.54) is 4.90 Å². The first kappa shape index (κ1) is 31.4. The number of nitrogens with zero attached hydrogens (tertiary/aromatic N) is 2. The van der Waals surface area contributed by atoms with E-state index in [-0.39, 0.29) is 24.0 Å². The number of benzene rings is 2. The van der Waals surface area contributed by atoms with E-state index >= 15 is 0 Å². The molecule has 0 bridgehead atoms. The average Bonchev–Trinajstić information content (AvgIpc) is 2.82. The number of hydrogen-bond acceptors (Lipinski definition) is 4. The Morgan fingerprint density at radius 2 is 1.71 bits per heavy atom. The fourth-order valence-corrected chi connectivity index (χ4v) is 4.93. The van der Waals surface area contributed by atoms with Gasteiger partial charge in [-0.3, -0.25) is 13.9 Å². The molecule has 0 radical (unpaired) electrons. The number of anilines is 1. The number of alkyl halides is 3. The smallest absolute Gasteiger partial charge is 0.352 e. The van der Waals surface area contributed by atoms with Gasteiger partial charge in [0.15, 0.2) is 0 Å². The Bertz CT molecular complexity index is 1250. The molecule has 0 saturated heterocycles. The molecule has 0 heterocycles. The van der Waals surface area contributed by atoms with Gasteiger partial charge in [0.1, 0.15) is 12.6 Å². The lowest BCUT2D eigenvalue weighted by Gasteiger charge is -2.34. The van der Waals surface area contributed by atoms with Crippen LogP contribution < -0.4 is 9.62 Å². The van der Waals surface area contributed by atoms with E-state index in [1.807, 2.05) is 32.9 Å². The number of carbonyl (C=O) groups excluding carboxylic acids is 2. The van der Waals surface area contributed by atoms with E-state index in [4.69, 9.17) is 11.6 Å². The third-order valence-electron chi connectivity index (χ3n) is 6.21. The molecular weight excluding hydrogens is 543 g/mol. The summed E-state index contributed by atoms with van der Waals surface area (Å²) in [4.78, 5) is 28.1. The quantitative estimate of drug-likeness (QED) is 0.401. The molecule has 2 atom stereocenters. The van der Waals surface area contributed by atoms with Gasteiger partial charge < -0.3 is 10.2 Å². The normalized spacial score (nSPS) is 13.5. The van der Waals surface area contributed by atoms with Crippen molar-refractivity contribution < 1.29 is 31.2 Å². The van der Waals surface area contributed by atoms with E-state index in [9.17, 15) is 31.2 Å². The highest BCUT2D eigenvalue weighted by Gasteiger charge is 2.35. The molecule has 0 aliphatic rings. The topological polar surface area (TPSA) is 86.8 Å². The largest absolute Gasteiger partial charge is 0.416 e. The minimum Gasteiger partial charge on any atom is -0.352 e. The lowest BCUT2D eigenvalue weighted by molar-refractivity contribution is -0.140. The Balaban J connectivity index is 2.56. The van der Waals surface area contributed by atoms with Crippen molar-refractivity contribution in [1.29, 1.82) is 0 Å². The van der Waals surface area contributed by atoms with Gasteiger partial charge >= 0.3 is 6.18 Å². The number of aryl methyl sites for hydroxylation is 1. The summed E-state index contributed by atoms with van der Waals surface area (Å²) in [6.45, 7) is 6.41. The molecule has 2 rings (SSSR count). The van der Waals surface area contributed by atoms with Crippen LogP contribution in [0.4, 0.5) is 18.9 Å². The zero-order chi connectivity index (χ0) is 28.8. The second-order valence-electron chi connectivity index (χ2n) is 9.12. The van der Waals surface area contributed by atoms with E-state index in [0.29, 0.717) is 16.8 Å². The number of carbonyl (C=O) groups is 2. The maximum atomic E-state index is 13.7. The number of amides is 2. The second kappa shape index (κ2) is 12.8. The molecule has 0 aromatic heterocycles. The fraction of sp³-hybridized carbons (Fsp3) is 0.462. The zero-order valence-corrected chi connectivity index (χ0v) is 23.5. The zero-order valence-electron chi connectivity index (χ0n) is 22.0. The van der Waals surface area contributed by atoms with Crippen molar-refractivity contribution >= 4 is 39.1 Å². The van der Waals surface area contributed by atoms with Gasteiger partial charge in [-0.05, 0) is 56.0 Å². The van der Waals surface area contributed by atoms with Crippen molar-refractivity contribution in [3.05, 3.63) is 64.2 Å². The van der Waals surface area contributed by atoms with E-state index in [1.54, 1.807) is 19.1 Å². The Kier molecular flexibility index (Phi) is 10.6. The van der Waals surface area contributed by atoms with Crippen molar-refractivity contribution in [3.8, 4) is 0 Å². The van der Waals surface area contributed by atoms with Crippen molar-refractivity contribution in [2.75, 3.05) is 17.1 Å². The van der Waals surface area contributed by atoms with Gasteiger partial charge in [0.05, 0.1) is 22.5 Å². The first-order valence-corrected chi connectivity index (χ1v) is 14.3. The maximum absolute atomic E-state index is 13.7. The number of halogens is 4. The minimum atomic E-state index is -4.76. The average molecular weight is 576 g/mol. The molecule has 2 amide bonds. The third-order valence-corrected chi connectivity index (χ3v) is 7.66. The predicted molar refractivity (Wildman–Crippen MR) is 142 cm³/mol. The maximum Gasteiger partial charge on any atom is 0.416 e. The lowest BCUT2D eigenvalue weighted by atomic mass is 10.1. The van der Waals surface area contributed by atoms with Crippen LogP contribution in [0.25, 0.3) is 0 Å². The van der Waals surface area contributed by atoms with Crippen LogP contribution in [0.5, 0.6) is 0 Å². The Hall–Kier alpha value is -2.79. The molecule has 7 nitrogen and oxygen atoms in total. The van der Waals surface area contributed by atoms with Crippen LogP contribution in [0, 0.1) is 6.92 Å². The third kappa shape index (κ3) is 8.10. The molecule has 12 heteroatoms. The van der Waals surface area contributed by atoms with Gasteiger partial charge in [0.25, 0.3) is 0 Å². The van der Waals surface area contributed by atoms with Crippen LogP contribution in [0.15, 0.2) is 42.5 Å². The number of rotatable bonds is 11. The van der Waals surface area contributed by atoms with Gasteiger partial charge in [-0.25, -0.2) is 8.42 Å². The molecule has 0 spiro atoms. The first-order chi connectivity index (χ1) is 17.6. The molecule has 2 aromatic carbocycles. The summed E-state index contributed by atoms with van der Waals surface area (Å²) in [5.41, 5.74) is -0.0126. The summed E-state index contributed by atoms with van der Waals surface area (Å²) in [7, 11) is -4.25. The fourth-order valence-electron chi connectivity index (χ4n) is 3.81. The highest BCUT2D eigenvalue weighted by Crippen LogP contribution is 2.36. The summed E-state index contributed by atoms with van der Waals surface area (Å²) in [5, 5.41) is 2.58. The predicted octanol–water partition coefficient (Wildman–Crippen LogP) is 5.16. The Morgan fingerprint density at radius 3 is 2.24 bits per heavy atom. The summed E-state index contributed by atoms with van der Waals surface area (Å²) in [5.74, 6) is -1.18. The molecule has 0 unspecified atom stereocenters. The number of sulfonamides is 1. The van der Waals surface area contributed by atoms with Crippen molar-refractivity contribution in [2.24, 2.45) is 0 Å². The molecule has 0 fully saturated rings. The molecule has 0 aliphatic heterocycles. The molecular formula is C26H33ClF3N3O4S. The van der Waals surface area contributed by atoms with E-state index in [2.05, 4.69) is 5.32 Å². The molecule has 38 heavy (non-hydrogen) atoms. The van der Waals surface area contributed by atoms with Crippen LogP contribution in [-0.2, 0) is 32.3 Å². The molecule has 0 aliphatic carbocycles. The Labute approximate surface area is 227 Å². The van der Waals surface area contributed by atoms with Crippen LogP contribution in [-0.4, -0.2) is 50.0 Å². The molecule has 1 N–H and O–H groups in total. The summed E-state index contributed by atoms with van der Waals surface area (Å²) >= 11 is 6.11. The summed E-state index contributed by atoms with van der Waals surface area (Å²) in [6, 6.07) is 8.35. The van der Waals surface area contributed by atoms with Crippen molar-refractivity contribution in [1.82, 2.24) is 10.2 Å². The van der Waals surface area contributed by atoms with Gasteiger partial charge in [-0.15, -0.1) is 0 Å². The monoisotopic (exact) mass is 575 g/mol. The number of nitrogens with one attached hydrogen (secondary N) is 1. The summed E-state index contributed by atoms with van der Waals surface area (Å²) in [6.07, 6.45) is -3.10. The van der Waals surface area contributed by atoms with Crippen LogP contribution in [0.3, 0.4) is 0 Å². The first-order valence-electron chi connectivity index (χ1n) is 12.1. The minimum absolute atomic E-state index is 0.00807.